The Morgan fingerprint density at radius 1 is 1.67 bits per heavy atom. The topological polar surface area (TPSA) is 50.9 Å². The van der Waals surface area contributed by atoms with Gasteiger partial charge in [-0.2, -0.15) is 0 Å². The second kappa shape index (κ2) is 3.90. The summed E-state index contributed by atoms with van der Waals surface area (Å²) in [5, 5.41) is 2.84. The lowest BCUT2D eigenvalue weighted by atomic mass is 10.3. The van der Waals surface area contributed by atoms with Crippen LogP contribution >= 0.6 is 0 Å². The van der Waals surface area contributed by atoms with E-state index in [9.17, 15) is 4.39 Å². The van der Waals surface area contributed by atoms with Crippen molar-refractivity contribution < 1.29 is 4.39 Å². The van der Waals surface area contributed by atoms with Gasteiger partial charge in [0.25, 0.3) is 0 Å². The average molecular weight is 169 g/mol. The number of hydrogen-bond donors (Lipinski definition) is 2. The van der Waals surface area contributed by atoms with E-state index in [0.29, 0.717) is 6.54 Å². The first-order chi connectivity index (χ1) is 5.75. The van der Waals surface area contributed by atoms with E-state index in [4.69, 9.17) is 5.73 Å². The van der Waals surface area contributed by atoms with Crippen molar-refractivity contribution in [1.82, 2.24) is 4.98 Å². The first-order valence-electron chi connectivity index (χ1n) is 3.89. The molecule has 0 atom stereocenters. The molecule has 0 bridgehead atoms. The predicted octanol–water partition coefficient (Wildman–Crippen LogP) is 1.62. The number of aromatic nitrogens is 1. The molecule has 12 heavy (non-hydrogen) atoms. The molecule has 0 aliphatic heterocycles. The average Bonchev–Trinajstić information content (AvgIpc) is 2.08. The molecule has 0 fully saturated rings. The Labute approximate surface area is 70.8 Å². The SMILES string of the molecule is CCCNc1nccc(N)c1F. The molecule has 1 rings (SSSR count). The highest BCUT2D eigenvalue weighted by atomic mass is 19.1. The fourth-order valence-corrected chi connectivity index (χ4v) is 0.825. The van der Waals surface area contributed by atoms with Crippen LogP contribution in [-0.4, -0.2) is 11.5 Å². The molecule has 0 aliphatic carbocycles. The summed E-state index contributed by atoms with van der Waals surface area (Å²) < 4.78 is 13.1. The molecule has 0 radical (unpaired) electrons. The van der Waals surface area contributed by atoms with Gasteiger partial charge < -0.3 is 11.1 Å². The zero-order chi connectivity index (χ0) is 8.97. The third-order valence-corrected chi connectivity index (χ3v) is 1.46. The minimum absolute atomic E-state index is 0.128. The maximum atomic E-state index is 13.1. The summed E-state index contributed by atoms with van der Waals surface area (Å²) >= 11 is 0. The fraction of sp³-hybridized carbons (Fsp3) is 0.375. The fourth-order valence-electron chi connectivity index (χ4n) is 0.825. The van der Waals surface area contributed by atoms with Gasteiger partial charge in [0.15, 0.2) is 11.6 Å². The van der Waals surface area contributed by atoms with Crippen LogP contribution in [0.3, 0.4) is 0 Å². The lowest BCUT2D eigenvalue weighted by Crippen LogP contribution is -2.05. The predicted molar refractivity (Wildman–Crippen MR) is 47.4 cm³/mol. The van der Waals surface area contributed by atoms with Crippen molar-refractivity contribution in [2.24, 2.45) is 0 Å². The lowest BCUT2D eigenvalue weighted by Gasteiger charge is -2.05. The van der Waals surface area contributed by atoms with Gasteiger partial charge in [-0.1, -0.05) is 6.92 Å². The van der Waals surface area contributed by atoms with Gasteiger partial charge in [0.2, 0.25) is 0 Å². The van der Waals surface area contributed by atoms with Crippen LogP contribution in [0.5, 0.6) is 0 Å². The Balaban J connectivity index is 2.78. The Hall–Kier alpha value is -1.32. The van der Waals surface area contributed by atoms with E-state index in [1.54, 1.807) is 0 Å². The molecule has 0 spiro atoms. The van der Waals surface area contributed by atoms with Crippen LogP contribution in [0, 0.1) is 5.82 Å². The van der Waals surface area contributed by atoms with Gasteiger partial charge in [0, 0.05) is 12.7 Å². The van der Waals surface area contributed by atoms with Crippen molar-refractivity contribution in [3.8, 4) is 0 Å². The van der Waals surface area contributed by atoms with E-state index < -0.39 is 5.82 Å². The minimum atomic E-state index is -0.467. The molecular formula is C8H12FN3. The molecule has 0 saturated carbocycles. The van der Waals surface area contributed by atoms with Crippen LogP contribution in [0.1, 0.15) is 13.3 Å². The number of nitrogens with two attached hydrogens (primary N) is 1. The zero-order valence-corrected chi connectivity index (χ0v) is 6.97. The molecule has 0 amide bonds. The molecular weight excluding hydrogens is 157 g/mol. The molecule has 3 nitrogen and oxygen atoms in total. The number of rotatable bonds is 3. The number of hydrogen-bond acceptors (Lipinski definition) is 3. The van der Waals surface area contributed by atoms with E-state index >= 15 is 0 Å². The van der Waals surface area contributed by atoms with Gasteiger partial charge in [-0.3, -0.25) is 0 Å². The highest BCUT2D eigenvalue weighted by Crippen LogP contribution is 2.15. The summed E-state index contributed by atoms with van der Waals surface area (Å²) in [5.74, 6) is -0.234. The molecule has 3 N–H and O–H groups in total. The third kappa shape index (κ3) is 1.84. The monoisotopic (exact) mass is 169 g/mol. The summed E-state index contributed by atoms with van der Waals surface area (Å²) in [6.45, 7) is 2.70. The van der Waals surface area contributed by atoms with E-state index in [-0.39, 0.29) is 11.5 Å². The van der Waals surface area contributed by atoms with Crippen LogP contribution in [0.15, 0.2) is 12.3 Å². The van der Waals surface area contributed by atoms with Crippen LogP contribution < -0.4 is 11.1 Å². The van der Waals surface area contributed by atoms with Crippen molar-refractivity contribution in [2.45, 2.75) is 13.3 Å². The summed E-state index contributed by atoms with van der Waals surface area (Å²) in [4.78, 5) is 3.81. The first-order valence-corrected chi connectivity index (χ1v) is 3.89. The Bertz CT molecular complexity index is 262. The Morgan fingerprint density at radius 2 is 2.42 bits per heavy atom. The van der Waals surface area contributed by atoms with Crippen molar-refractivity contribution in [3.63, 3.8) is 0 Å². The van der Waals surface area contributed by atoms with Gasteiger partial charge in [-0.15, -0.1) is 0 Å². The quantitative estimate of drug-likeness (QED) is 0.723. The normalized spacial score (nSPS) is 9.83. The van der Waals surface area contributed by atoms with Crippen molar-refractivity contribution in [2.75, 3.05) is 17.6 Å². The standard InChI is InChI=1S/C8H12FN3/c1-2-4-11-8-7(9)6(10)3-5-12-8/h3,5H,2,4H2,1H3,(H3,10,11,12). The molecule has 0 saturated heterocycles. The van der Waals surface area contributed by atoms with Gasteiger partial charge in [0.1, 0.15) is 0 Å². The molecule has 66 valence electrons. The zero-order valence-electron chi connectivity index (χ0n) is 6.97. The molecule has 0 aliphatic rings. The highest BCUT2D eigenvalue weighted by Gasteiger charge is 2.04. The number of pyridine rings is 1. The van der Waals surface area contributed by atoms with Crippen molar-refractivity contribution in [3.05, 3.63) is 18.1 Å². The van der Waals surface area contributed by atoms with E-state index in [1.807, 2.05) is 6.92 Å². The van der Waals surface area contributed by atoms with E-state index in [1.165, 1.54) is 12.3 Å². The number of nitrogens with one attached hydrogen (secondary N) is 1. The number of anilines is 2. The first kappa shape index (κ1) is 8.77. The van der Waals surface area contributed by atoms with Crippen LogP contribution in [0.2, 0.25) is 0 Å². The van der Waals surface area contributed by atoms with Crippen LogP contribution in [0.25, 0.3) is 0 Å². The lowest BCUT2D eigenvalue weighted by molar-refractivity contribution is 0.629. The second-order valence-electron chi connectivity index (χ2n) is 2.49. The maximum absolute atomic E-state index is 13.1. The summed E-state index contributed by atoms with van der Waals surface area (Å²) in [5.41, 5.74) is 5.47. The number of nitrogen functional groups attached to an aromatic ring is 1. The molecule has 1 aromatic rings. The maximum Gasteiger partial charge on any atom is 0.188 e. The smallest absolute Gasteiger partial charge is 0.188 e. The molecule has 0 aromatic carbocycles. The van der Waals surface area contributed by atoms with Crippen molar-refractivity contribution in [1.29, 1.82) is 0 Å². The summed E-state index contributed by atoms with van der Waals surface area (Å²) in [7, 11) is 0. The van der Waals surface area contributed by atoms with Gasteiger partial charge in [-0.05, 0) is 12.5 Å². The van der Waals surface area contributed by atoms with Crippen molar-refractivity contribution >= 4 is 11.5 Å². The number of nitrogens with zero attached hydrogens (tertiary/aromatic N) is 1. The van der Waals surface area contributed by atoms with Gasteiger partial charge in [-0.25, -0.2) is 9.37 Å². The van der Waals surface area contributed by atoms with E-state index in [2.05, 4.69) is 10.3 Å². The Kier molecular flexibility index (Phi) is 2.85. The Morgan fingerprint density at radius 3 is 3.08 bits per heavy atom. The molecule has 1 aromatic heterocycles. The van der Waals surface area contributed by atoms with E-state index in [0.717, 1.165) is 6.42 Å². The molecule has 4 heteroatoms. The number of halogens is 1. The van der Waals surface area contributed by atoms with Gasteiger partial charge >= 0.3 is 0 Å². The van der Waals surface area contributed by atoms with Crippen LogP contribution in [0.4, 0.5) is 15.9 Å². The third-order valence-electron chi connectivity index (χ3n) is 1.46. The summed E-state index contributed by atoms with van der Waals surface area (Å²) in [6.07, 6.45) is 2.41. The molecule has 0 unspecified atom stereocenters. The molecule has 1 heterocycles. The largest absolute Gasteiger partial charge is 0.396 e. The highest BCUT2D eigenvalue weighted by molar-refractivity contribution is 5.50. The minimum Gasteiger partial charge on any atom is -0.396 e. The van der Waals surface area contributed by atoms with Crippen LogP contribution in [-0.2, 0) is 0 Å². The van der Waals surface area contributed by atoms with Gasteiger partial charge in [0.05, 0.1) is 5.69 Å². The summed E-state index contributed by atoms with van der Waals surface area (Å²) in [6, 6.07) is 1.44. The second-order valence-corrected chi connectivity index (χ2v) is 2.49.